The van der Waals surface area contributed by atoms with Crippen LogP contribution in [0.3, 0.4) is 0 Å². The van der Waals surface area contributed by atoms with Crippen LogP contribution in [0.2, 0.25) is 0 Å². The van der Waals surface area contributed by atoms with Gasteiger partial charge in [0.25, 0.3) is 17.5 Å². The van der Waals surface area contributed by atoms with Crippen molar-refractivity contribution in [2.75, 3.05) is 26.0 Å². The van der Waals surface area contributed by atoms with Crippen molar-refractivity contribution in [3.8, 4) is 5.75 Å². The summed E-state index contributed by atoms with van der Waals surface area (Å²) in [5.41, 5.74) is 0.907. The fourth-order valence-electron chi connectivity index (χ4n) is 4.75. The molecule has 45 heavy (non-hydrogen) atoms. The summed E-state index contributed by atoms with van der Waals surface area (Å²) in [7, 11) is 3.58. The lowest BCUT2D eigenvalue weighted by atomic mass is 10.0. The number of anilines is 1. The Hall–Kier alpha value is -5.11. The molecule has 2 aromatic rings. The Morgan fingerprint density at radius 2 is 1.56 bits per heavy atom. The Labute approximate surface area is 260 Å². The van der Waals surface area contributed by atoms with Gasteiger partial charge in [0.05, 0.1) is 11.0 Å². The topological polar surface area (TPSA) is 177 Å². The van der Waals surface area contributed by atoms with Gasteiger partial charge in [0, 0.05) is 36.5 Å². The van der Waals surface area contributed by atoms with Crippen molar-refractivity contribution < 1.29 is 38.4 Å². The van der Waals surface area contributed by atoms with E-state index in [0.717, 1.165) is 4.90 Å². The largest absolute Gasteiger partial charge is 0.514 e. The van der Waals surface area contributed by atoms with E-state index in [-0.39, 0.29) is 54.6 Å². The molecular weight excluding hydrogens is 586 g/mol. The normalized spacial score (nSPS) is 14.0. The number of amides is 4. The third-order valence-electron chi connectivity index (χ3n) is 6.94. The zero-order chi connectivity index (χ0) is 33.1. The Balaban J connectivity index is 1.56. The van der Waals surface area contributed by atoms with Crippen LogP contribution in [-0.2, 0) is 30.5 Å². The third-order valence-corrected chi connectivity index (χ3v) is 6.94. The molecule has 0 bridgehead atoms. The molecule has 0 saturated heterocycles. The van der Waals surface area contributed by atoms with Gasteiger partial charge in [-0.1, -0.05) is 26.0 Å². The standard InChI is InChI=1S/C31H37N5O9/c1-20(2)28(34(3)4)30(40)33-25(7-5-6-18-35-26(37)16-17-27(35)38)29(39)32-22-10-8-21(9-11-22)19-44-31(41)45-24-14-12-23(13-15-24)36(42)43/h8-17,20,25,28H,5-7,18-19H2,1-4H3,(H,32,39)(H,33,40)/t25-,28-/m0/s1. The number of nitrogens with one attached hydrogen (secondary N) is 2. The van der Waals surface area contributed by atoms with E-state index < -0.39 is 29.1 Å². The number of carbonyl (C=O) groups excluding carboxylic acids is 5. The van der Waals surface area contributed by atoms with Gasteiger partial charge in [0.2, 0.25) is 11.8 Å². The Morgan fingerprint density at radius 3 is 2.11 bits per heavy atom. The molecule has 2 atom stereocenters. The number of ether oxygens (including phenoxy) is 2. The summed E-state index contributed by atoms with van der Waals surface area (Å²) in [5.74, 6) is -1.39. The number of nitro benzene ring substituents is 1. The second-order valence-corrected chi connectivity index (χ2v) is 10.9. The second kappa shape index (κ2) is 16.1. The van der Waals surface area contributed by atoms with E-state index in [1.54, 1.807) is 43.3 Å². The van der Waals surface area contributed by atoms with Gasteiger partial charge in [-0.25, -0.2) is 4.79 Å². The molecule has 0 fully saturated rings. The molecule has 0 radical (unpaired) electrons. The SMILES string of the molecule is CC(C)[C@@H](C(=O)N[C@@H](CCCCN1C(=O)C=CC1=O)C(=O)Nc1ccc(COC(=O)Oc2ccc([N+](=O)[O-])cc2)cc1)N(C)C. The Morgan fingerprint density at radius 1 is 0.933 bits per heavy atom. The quantitative estimate of drug-likeness (QED) is 0.0746. The predicted octanol–water partition coefficient (Wildman–Crippen LogP) is 3.42. The molecule has 3 rings (SSSR count). The van der Waals surface area contributed by atoms with Gasteiger partial charge in [-0.05, 0) is 69.1 Å². The van der Waals surface area contributed by atoms with Crippen LogP contribution in [0.25, 0.3) is 0 Å². The number of rotatable bonds is 15. The van der Waals surface area contributed by atoms with Gasteiger partial charge in [-0.15, -0.1) is 0 Å². The molecule has 0 aromatic heterocycles. The number of nitro groups is 1. The van der Waals surface area contributed by atoms with Gasteiger partial charge >= 0.3 is 6.16 Å². The van der Waals surface area contributed by atoms with Crippen molar-refractivity contribution in [1.29, 1.82) is 0 Å². The van der Waals surface area contributed by atoms with Crippen LogP contribution in [0.15, 0.2) is 60.7 Å². The number of nitrogens with zero attached hydrogens (tertiary/aromatic N) is 3. The average molecular weight is 624 g/mol. The van der Waals surface area contributed by atoms with Crippen molar-refractivity contribution in [3.63, 3.8) is 0 Å². The van der Waals surface area contributed by atoms with Crippen molar-refractivity contribution in [2.24, 2.45) is 5.92 Å². The highest BCUT2D eigenvalue weighted by Gasteiger charge is 2.29. The monoisotopic (exact) mass is 623 g/mol. The van der Waals surface area contributed by atoms with E-state index in [1.807, 2.05) is 13.8 Å². The molecule has 14 heteroatoms. The van der Waals surface area contributed by atoms with Gasteiger partial charge < -0.3 is 20.1 Å². The van der Waals surface area contributed by atoms with Gasteiger partial charge in [0.1, 0.15) is 18.4 Å². The summed E-state index contributed by atoms with van der Waals surface area (Å²) in [6, 6.07) is 10.1. The minimum atomic E-state index is -0.994. The number of hydrogen-bond donors (Lipinski definition) is 2. The lowest BCUT2D eigenvalue weighted by Crippen LogP contribution is -2.52. The molecule has 2 N–H and O–H groups in total. The highest BCUT2D eigenvalue weighted by Crippen LogP contribution is 2.19. The van der Waals surface area contributed by atoms with E-state index >= 15 is 0 Å². The fraction of sp³-hybridized carbons (Fsp3) is 0.387. The summed E-state index contributed by atoms with van der Waals surface area (Å²) in [6.45, 7) is 3.91. The van der Waals surface area contributed by atoms with Crippen molar-refractivity contribution in [2.45, 2.75) is 51.8 Å². The molecule has 1 aliphatic heterocycles. The van der Waals surface area contributed by atoms with Crippen molar-refractivity contribution >= 4 is 41.2 Å². The minimum Gasteiger partial charge on any atom is -0.429 e. The summed E-state index contributed by atoms with van der Waals surface area (Å²) in [5, 5.41) is 16.4. The molecule has 0 saturated carbocycles. The molecule has 1 heterocycles. The first-order valence-electron chi connectivity index (χ1n) is 14.3. The third kappa shape index (κ3) is 10.2. The van der Waals surface area contributed by atoms with E-state index in [9.17, 15) is 34.1 Å². The number of non-ortho nitro benzene ring substituents is 1. The minimum absolute atomic E-state index is 0.00965. The van der Waals surface area contributed by atoms with E-state index in [2.05, 4.69) is 10.6 Å². The molecular formula is C31H37N5O9. The zero-order valence-electron chi connectivity index (χ0n) is 25.6. The number of imide groups is 1. The molecule has 14 nitrogen and oxygen atoms in total. The van der Waals surface area contributed by atoms with Crippen LogP contribution in [0, 0.1) is 16.0 Å². The number of hydrogen-bond acceptors (Lipinski definition) is 10. The fourth-order valence-corrected chi connectivity index (χ4v) is 4.75. The molecule has 0 aliphatic carbocycles. The average Bonchev–Trinajstić information content (AvgIpc) is 3.30. The number of benzene rings is 2. The highest BCUT2D eigenvalue weighted by molar-refractivity contribution is 6.12. The van der Waals surface area contributed by atoms with Gasteiger partial charge in [0.15, 0.2) is 0 Å². The second-order valence-electron chi connectivity index (χ2n) is 10.9. The van der Waals surface area contributed by atoms with Crippen molar-refractivity contribution in [3.05, 3.63) is 76.4 Å². The predicted molar refractivity (Wildman–Crippen MR) is 163 cm³/mol. The van der Waals surface area contributed by atoms with Crippen LogP contribution < -0.4 is 15.4 Å². The first-order chi connectivity index (χ1) is 21.3. The van der Waals surface area contributed by atoms with Crippen LogP contribution in [-0.4, -0.2) is 77.2 Å². The lowest BCUT2D eigenvalue weighted by molar-refractivity contribution is -0.384. The van der Waals surface area contributed by atoms with Crippen molar-refractivity contribution in [1.82, 2.24) is 15.1 Å². The van der Waals surface area contributed by atoms with E-state index in [4.69, 9.17) is 9.47 Å². The molecule has 2 aromatic carbocycles. The lowest BCUT2D eigenvalue weighted by Gasteiger charge is -2.29. The Kier molecular flexibility index (Phi) is 12.3. The van der Waals surface area contributed by atoms with Crippen LogP contribution in [0.4, 0.5) is 16.2 Å². The molecule has 240 valence electrons. The summed E-state index contributed by atoms with van der Waals surface area (Å²) in [6.07, 6.45) is 2.65. The maximum absolute atomic E-state index is 13.3. The smallest absolute Gasteiger partial charge is 0.429 e. The first-order valence-corrected chi connectivity index (χ1v) is 14.3. The van der Waals surface area contributed by atoms with E-state index in [0.29, 0.717) is 24.1 Å². The molecule has 1 aliphatic rings. The number of likely N-dealkylation sites (N-methyl/N-ethyl adjacent to an activating group) is 1. The van der Waals surface area contributed by atoms with Gasteiger partial charge in [-0.2, -0.15) is 0 Å². The first kappa shape index (κ1) is 34.4. The molecule has 0 spiro atoms. The Bertz CT molecular complexity index is 1400. The summed E-state index contributed by atoms with van der Waals surface area (Å²) in [4.78, 5) is 75.2. The highest BCUT2D eigenvalue weighted by atomic mass is 16.7. The number of unbranched alkanes of at least 4 members (excludes halogenated alkanes) is 1. The number of carbonyl (C=O) groups is 5. The maximum Gasteiger partial charge on any atom is 0.514 e. The zero-order valence-corrected chi connectivity index (χ0v) is 25.6. The summed E-state index contributed by atoms with van der Waals surface area (Å²) < 4.78 is 10.1. The van der Waals surface area contributed by atoms with Gasteiger partial charge in [-0.3, -0.25) is 39.1 Å². The molecule has 4 amide bonds. The molecule has 0 unspecified atom stereocenters. The summed E-state index contributed by atoms with van der Waals surface area (Å²) >= 11 is 0. The van der Waals surface area contributed by atoms with Crippen LogP contribution in [0.5, 0.6) is 5.75 Å². The van der Waals surface area contributed by atoms with Crippen LogP contribution >= 0.6 is 0 Å². The van der Waals surface area contributed by atoms with Crippen LogP contribution in [0.1, 0.15) is 38.7 Å². The van der Waals surface area contributed by atoms with E-state index in [1.165, 1.54) is 36.4 Å². The maximum atomic E-state index is 13.3.